The minimum atomic E-state index is -0.745. The SMILES string of the molecule is CCC(=O)N1CC(C)CC1c1ncc(-c2ccc3c(c2)COc2cc4c(ccc5[nH]c(C6CC(COC)CN6C(=O)C(NC(=O)OC)C(C)C)nc54)cc2-3)[nH]1. The first-order valence-electron chi connectivity index (χ1n) is 19.3. The lowest BCUT2D eigenvalue weighted by Crippen LogP contribution is -2.51. The van der Waals surface area contributed by atoms with E-state index in [1.807, 2.05) is 42.8 Å². The summed E-state index contributed by atoms with van der Waals surface area (Å²) < 4.78 is 16.7. The van der Waals surface area contributed by atoms with Crippen molar-refractivity contribution in [2.45, 2.75) is 71.7 Å². The molecular weight excluding hydrogens is 699 g/mol. The largest absolute Gasteiger partial charge is 0.488 e. The number of fused-ring (bicyclic) bond motifs is 6. The van der Waals surface area contributed by atoms with Crippen LogP contribution in [0.2, 0.25) is 0 Å². The molecule has 55 heavy (non-hydrogen) atoms. The monoisotopic (exact) mass is 747 g/mol. The Kier molecular flexibility index (Phi) is 9.74. The molecule has 8 rings (SSSR count). The number of ether oxygens (including phenoxy) is 3. The van der Waals surface area contributed by atoms with Crippen molar-refractivity contribution < 1.29 is 28.6 Å². The zero-order chi connectivity index (χ0) is 38.5. The number of amides is 3. The maximum absolute atomic E-state index is 14.0. The second-order valence-electron chi connectivity index (χ2n) is 15.7. The minimum Gasteiger partial charge on any atom is -0.488 e. The summed E-state index contributed by atoms with van der Waals surface area (Å²) in [6.45, 7) is 10.1. The third kappa shape index (κ3) is 6.68. The molecule has 13 heteroatoms. The van der Waals surface area contributed by atoms with Crippen molar-refractivity contribution in [1.29, 1.82) is 0 Å². The second-order valence-corrected chi connectivity index (χ2v) is 15.7. The molecule has 288 valence electrons. The van der Waals surface area contributed by atoms with Crippen LogP contribution >= 0.6 is 0 Å². The number of aromatic amines is 2. The summed E-state index contributed by atoms with van der Waals surface area (Å²) in [6, 6.07) is 13.7. The lowest BCUT2D eigenvalue weighted by atomic mass is 9.92. The van der Waals surface area contributed by atoms with Crippen LogP contribution in [0.5, 0.6) is 5.75 Å². The Bertz CT molecular complexity index is 2280. The van der Waals surface area contributed by atoms with E-state index in [2.05, 4.69) is 58.6 Å². The average molecular weight is 748 g/mol. The number of nitrogens with zero attached hydrogens (tertiary/aromatic N) is 4. The first-order valence-corrected chi connectivity index (χ1v) is 19.3. The van der Waals surface area contributed by atoms with Crippen molar-refractivity contribution in [1.82, 2.24) is 35.1 Å². The number of aromatic nitrogens is 4. The molecule has 2 aromatic heterocycles. The normalized spacial score (nSPS) is 21.1. The summed E-state index contributed by atoms with van der Waals surface area (Å²) in [4.78, 5) is 59.5. The van der Waals surface area contributed by atoms with E-state index in [9.17, 15) is 14.4 Å². The zero-order valence-corrected chi connectivity index (χ0v) is 32.3. The molecule has 0 saturated carbocycles. The van der Waals surface area contributed by atoms with Crippen LogP contribution in [0.4, 0.5) is 4.79 Å². The number of carbonyl (C=O) groups excluding carboxylic acids is 3. The first-order chi connectivity index (χ1) is 26.6. The molecule has 13 nitrogen and oxygen atoms in total. The van der Waals surface area contributed by atoms with Gasteiger partial charge in [-0.2, -0.15) is 0 Å². The Morgan fingerprint density at radius 1 is 0.982 bits per heavy atom. The molecule has 0 radical (unpaired) electrons. The maximum atomic E-state index is 14.0. The summed E-state index contributed by atoms with van der Waals surface area (Å²) in [5, 5.41) is 4.72. The number of likely N-dealkylation sites (tertiary alicyclic amines) is 2. The van der Waals surface area contributed by atoms with Gasteiger partial charge in [0.05, 0.1) is 48.7 Å². The highest BCUT2D eigenvalue weighted by Crippen LogP contribution is 2.44. The topological polar surface area (TPSA) is 155 Å². The van der Waals surface area contributed by atoms with Gasteiger partial charge < -0.3 is 39.3 Å². The van der Waals surface area contributed by atoms with Gasteiger partial charge in [0, 0.05) is 43.5 Å². The van der Waals surface area contributed by atoms with Gasteiger partial charge in [-0.05, 0) is 71.0 Å². The summed E-state index contributed by atoms with van der Waals surface area (Å²) in [5.74, 6) is 2.70. The van der Waals surface area contributed by atoms with Gasteiger partial charge in [-0.25, -0.2) is 14.8 Å². The Labute approximate surface area is 320 Å². The smallest absolute Gasteiger partial charge is 0.407 e. The number of benzene rings is 3. The van der Waals surface area contributed by atoms with E-state index in [1.54, 1.807) is 7.11 Å². The summed E-state index contributed by atoms with van der Waals surface area (Å²) in [7, 11) is 2.96. The van der Waals surface area contributed by atoms with Gasteiger partial charge in [-0.15, -0.1) is 0 Å². The van der Waals surface area contributed by atoms with Crippen LogP contribution in [0.15, 0.2) is 48.7 Å². The zero-order valence-electron chi connectivity index (χ0n) is 32.3. The number of imidazole rings is 2. The van der Waals surface area contributed by atoms with E-state index in [1.165, 1.54) is 7.11 Å². The van der Waals surface area contributed by atoms with E-state index < -0.39 is 12.1 Å². The maximum Gasteiger partial charge on any atom is 0.407 e. The molecule has 0 aliphatic carbocycles. The molecule has 3 amide bonds. The third-order valence-electron chi connectivity index (χ3n) is 11.5. The number of hydrogen-bond acceptors (Lipinski definition) is 8. The number of carbonyl (C=O) groups is 3. The van der Waals surface area contributed by atoms with E-state index in [0.29, 0.717) is 44.3 Å². The predicted octanol–water partition coefficient (Wildman–Crippen LogP) is 6.90. The molecule has 5 heterocycles. The molecule has 3 N–H and O–H groups in total. The fraction of sp³-hybridized carbons (Fsp3) is 0.452. The van der Waals surface area contributed by atoms with E-state index in [4.69, 9.17) is 24.2 Å². The van der Waals surface area contributed by atoms with Gasteiger partial charge in [0.15, 0.2) is 0 Å². The van der Waals surface area contributed by atoms with E-state index in [-0.39, 0.29) is 35.7 Å². The lowest BCUT2D eigenvalue weighted by Gasteiger charge is -2.30. The standard InChI is InChI=1S/C42H49N7O6/c1-7-36(50)48-18-23(4)12-33(48)39-43-17-32(45-39)26-8-10-28-27(14-26)21-55-35-16-29-25(15-30(28)35)9-11-31-38(29)46-40(44-31)34-13-24(20-53-5)19-49(34)41(51)37(22(2)3)47-42(52)54-6/h8-11,14-17,22-24,33-34,37H,7,12-13,18-21H2,1-6H3,(H,43,45)(H,44,46)(H,47,52). The number of nitrogens with one attached hydrogen (secondary N) is 3. The van der Waals surface area contributed by atoms with Crippen LogP contribution in [-0.2, 0) is 25.7 Å². The van der Waals surface area contributed by atoms with Crippen molar-refractivity contribution >= 4 is 39.7 Å². The van der Waals surface area contributed by atoms with Crippen molar-refractivity contribution in [3.05, 3.63) is 65.9 Å². The molecule has 2 fully saturated rings. The molecule has 5 unspecified atom stereocenters. The Balaban J connectivity index is 1.08. The van der Waals surface area contributed by atoms with Crippen molar-refractivity contribution in [2.24, 2.45) is 17.8 Å². The van der Waals surface area contributed by atoms with Gasteiger partial charge in [0.2, 0.25) is 11.8 Å². The molecule has 5 atom stereocenters. The molecule has 3 aliphatic rings. The summed E-state index contributed by atoms with van der Waals surface area (Å²) >= 11 is 0. The Morgan fingerprint density at radius 2 is 1.80 bits per heavy atom. The molecular formula is C42H49N7O6. The predicted molar refractivity (Wildman–Crippen MR) is 208 cm³/mol. The molecule has 0 spiro atoms. The van der Waals surface area contributed by atoms with Crippen LogP contribution in [0.1, 0.15) is 76.3 Å². The fourth-order valence-electron chi connectivity index (χ4n) is 8.73. The quantitative estimate of drug-likeness (QED) is 0.147. The van der Waals surface area contributed by atoms with Gasteiger partial charge in [0.1, 0.15) is 30.0 Å². The Morgan fingerprint density at radius 3 is 2.56 bits per heavy atom. The molecule has 3 aliphatic heterocycles. The van der Waals surface area contributed by atoms with Crippen LogP contribution < -0.4 is 10.1 Å². The van der Waals surface area contributed by atoms with Crippen LogP contribution in [0.3, 0.4) is 0 Å². The molecule has 2 saturated heterocycles. The van der Waals surface area contributed by atoms with Crippen molar-refractivity contribution in [3.63, 3.8) is 0 Å². The lowest BCUT2D eigenvalue weighted by molar-refractivity contribution is -0.135. The number of H-pyrrole nitrogens is 2. The highest BCUT2D eigenvalue weighted by Gasteiger charge is 2.42. The van der Waals surface area contributed by atoms with E-state index in [0.717, 1.165) is 74.3 Å². The van der Waals surface area contributed by atoms with Gasteiger partial charge in [-0.3, -0.25) is 9.59 Å². The van der Waals surface area contributed by atoms with Crippen LogP contribution in [-0.4, -0.2) is 87.6 Å². The summed E-state index contributed by atoms with van der Waals surface area (Å²) in [5.41, 5.74) is 6.82. The van der Waals surface area contributed by atoms with Gasteiger partial charge in [0.25, 0.3) is 0 Å². The van der Waals surface area contributed by atoms with E-state index >= 15 is 0 Å². The van der Waals surface area contributed by atoms with Crippen molar-refractivity contribution in [3.8, 4) is 28.1 Å². The van der Waals surface area contributed by atoms with Crippen molar-refractivity contribution in [2.75, 3.05) is 33.9 Å². The summed E-state index contributed by atoms with van der Waals surface area (Å²) in [6.07, 6.45) is 3.29. The second kappa shape index (κ2) is 14.7. The third-order valence-corrected chi connectivity index (χ3v) is 11.5. The number of hydrogen-bond donors (Lipinski definition) is 3. The first kappa shape index (κ1) is 36.5. The number of methoxy groups -OCH3 is 2. The average Bonchev–Trinajstić information content (AvgIpc) is 4.01. The molecule has 3 aromatic carbocycles. The highest BCUT2D eigenvalue weighted by molar-refractivity contribution is 6.07. The highest BCUT2D eigenvalue weighted by atomic mass is 16.5. The van der Waals surface area contributed by atoms with Gasteiger partial charge in [-0.1, -0.05) is 45.9 Å². The fourth-order valence-corrected chi connectivity index (χ4v) is 8.73. The Hall–Kier alpha value is -5.43. The van der Waals surface area contributed by atoms with Crippen LogP contribution in [0, 0.1) is 17.8 Å². The minimum absolute atomic E-state index is 0.0332. The molecule has 5 aromatic rings. The molecule has 0 bridgehead atoms. The number of rotatable bonds is 9. The van der Waals surface area contributed by atoms with Crippen LogP contribution in [0.25, 0.3) is 44.2 Å². The number of alkyl carbamates (subject to hydrolysis) is 1. The van der Waals surface area contributed by atoms with Gasteiger partial charge >= 0.3 is 6.09 Å².